The van der Waals surface area contributed by atoms with Crippen molar-refractivity contribution in [3.63, 3.8) is 0 Å². The summed E-state index contributed by atoms with van der Waals surface area (Å²) in [5.74, 6) is -0.280. The number of urea groups is 1. The van der Waals surface area contributed by atoms with Gasteiger partial charge >= 0.3 is 12.2 Å². The number of nitrogens with zero attached hydrogens (tertiary/aromatic N) is 1. The number of anilines is 2. The van der Waals surface area contributed by atoms with Gasteiger partial charge in [0, 0.05) is 24.2 Å². The molecule has 0 spiro atoms. The Labute approximate surface area is 130 Å². The van der Waals surface area contributed by atoms with Crippen LogP contribution in [-0.4, -0.2) is 25.0 Å². The van der Waals surface area contributed by atoms with Gasteiger partial charge in [0.05, 0.1) is 11.3 Å². The van der Waals surface area contributed by atoms with Crippen LogP contribution in [0.3, 0.4) is 0 Å². The number of halogens is 3. The lowest BCUT2D eigenvalue weighted by molar-refractivity contribution is -0.137. The zero-order valence-electron chi connectivity index (χ0n) is 12.5. The largest absolute Gasteiger partial charge is 0.418 e. The molecule has 5 nitrogen and oxygen atoms in total. The van der Waals surface area contributed by atoms with Gasteiger partial charge in [0.25, 0.3) is 0 Å². The van der Waals surface area contributed by atoms with E-state index in [2.05, 4.69) is 10.6 Å². The number of carbonyl (C=O) groups is 2. The summed E-state index contributed by atoms with van der Waals surface area (Å²) in [6.07, 6.45) is -3.16. The van der Waals surface area contributed by atoms with E-state index in [1.165, 1.54) is 12.1 Å². The number of alkyl halides is 3. The lowest BCUT2D eigenvalue weighted by atomic mass is 10.1. The van der Waals surface area contributed by atoms with Crippen LogP contribution in [0.4, 0.5) is 29.3 Å². The minimum atomic E-state index is -4.62. The van der Waals surface area contributed by atoms with E-state index in [1.54, 1.807) is 6.92 Å². The van der Waals surface area contributed by atoms with Crippen LogP contribution in [-0.2, 0) is 11.0 Å². The van der Waals surface area contributed by atoms with Gasteiger partial charge in [0.1, 0.15) is 0 Å². The van der Waals surface area contributed by atoms with E-state index < -0.39 is 23.2 Å². The van der Waals surface area contributed by atoms with Gasteiger partial charge in [-0.2, -0.15) is 13.2 Å². The summed E-state index contributed by atoms with van der Waals surface area (Å²) in [6, 6.07) is 2.93. The van der Waals surface area contributed by atoms with Crippen molar-refractivity contribution in [3.05, 3.63) is 23.8 Å². The molecule has 0 atom stereocenters. The monoisotopic (exact) mass is 327 g/mol. The summed E-state index contributed by atoms with van der Waals surface area (Å²) in [4.78, 5) is 24.7. The van der Waals surface area contributed by atoms with Gasteiger partial charge in [-0.3, -0.25) is 9.69 Å². The molecule has 1 aromatic rings. The average Bonchev–Trinajstić information content (AvgIpc) is 3.08. The minimum absolute atomic E-state index is 0.0822. The molecule has 1 saturated carbocycles. The van der Waals surface area contributed by atoms with Gasteiger partial charge in [0.2, 0.25) is 5.91 Å². The number of hydrogen-bond donors (Lipinski definition) is 2. The summed E-state index contributed by atoms with van der Waals surface area (Å²) in [6.45, 7) is 2.24. The van der Waals surface area contributed by atoms with Crippen molar-refractivity contribution in [1.82, 2.24) is 5.32 Å². The van der Waals surface area contributed by atoms with Crippen LogP contribution < -0.4 is 15.5 Å². The molecule has 1 saturated heterocycles. The highest BCUT2D eigenvalue weighted by Gasteiger charge is 2.45. The van der Waals surface area contributed by atoms with E-state index >= 15 is 0 Å². The van der Waals surface area contributed by atoms with Gasteiger partial charge in [-0.05, 0) is 31.0 Å². The Bertz CT molecular complexity index is 668. The Balaban J connectivity index is 1.92. The van der Waals surface area contributed by atoms with E-state index in [-0.39, 0.29) is 23.8 Å². The first-order valence-electron chi connectivity index (χ1n) is 7.29. The van der Waals surface area contributed by atoms with Crippen molar-refractivity contribution in [2.24, 2.45) is 5.41 Å². The molecule has 0 unspecified atom stereocenters. The second-order valence-corrected chi connectivity index (χ2v) is 6.13. The molecule has 1 aromatic carbocycles. The van der Waals surface area contributed by atoms with Crippen LogP contribution >= 0.6 is 0 Å². The van der Waals surface area contributed by atoms with Crippen LogP contribution in [0, 0.1) is 5.41 Å². The molecule has 3 rings (SSSR count). The molecule has 1 heterocycles. The number of benzene rings is 1. The fourth-order valence-corrected chi connectivity index (χ4v) is 2.47. The molecule has 2 aliphatic rings. The van der Waals surface area contributed by atoms with Gasteiger partial charge in [-0.1, -0.05) is 6.92 Å². The first kappa shape index (κ1) is 15.6. The van der Waals surface area contributed by atoms with Crippen molar-refractivity contribution in [2.75, 3.05) is 23.3 Å². The minimum Gasteiger partial charge on any atom is -0.336 e. The second kappa shape index (κ2) is 5.14. The molecule has 1 aliphatic heterocycles. The molecule has 2 fully saturated rings. The first-order chi connectivity index (χ1) is 10.7. The normalized spacial score (nSPS) is 19.5. The van der Waals surface area contributed by atoms with E-state index in [9.17, 15) is 22.8 Å². The molecule has 0 bridgehead atoms. The topological polar surface area (TPSA) is 61.4 Å². The molecule has 8 heteroatoms. The molecular formula is C15H16F3N3O2. The lowest BCUT2D eigenvalue weighted by Gasteiger charge is -2.21. The van der Waals surface area contributed by atoms with Crippen LogP contribution in [0.15, 0.2) is 18.2 Å². The van der Waals surface area contributed by atoms with Gasteiger partial charge in [0.15, 0.2) is 0 Å². The van der Waals surface area contributed by atoms with Crippen molar-refractivity contribution in [2.45, 2.75) is 25.9 Å². The van der Waals surface area contributed by atoms with Gasteiger partial charge in [-0.25, -0.2) is 4.79 Å². The second-order valence-electron chi connectivity index (χ2n) is 6.13. The predicted molar refractivity (Wildman–Crippen MR) is 78.2 cm³/mol. The maximum absolute atomic E-state index is 13.3. The maximum atomic E-state index is 13.3. The third kappa shape index (κ3) is 2.97. The van der Waals surface area contributed by atoms with Crippen molar-refractivity contribution >= 4 is 23.3 Å². The van der Waals surface area contributed by atoms with E-state index in [0.29, 0.717) is 6.54 Å². The molecule has 0 aromatic heterocycles. The molecular weight excluding hydrogens is 311 g/mol. The highest BCUT2D eigenvalue weighted by Crippen LogP contribution is 2.46. The number of hydrogen-bond acceptors (Lipinski definition) is 2. The number of nitrogens with one attached hydrogen (secondary N) is 2. The summed E-state index contributed by atoms with van der Waals surface area (Å²) >= 11 is 0. The summed E-state index contributed by atoms with van der Waals surface area (Å²) in [7, 11) is 0. The Morgan fingerprint density at radius 2 is 2.04 bits per heavy atom. The van der Waals surface area contributed by atoms with Crippen LogP contribution in [0.1, 0.15) is 25.3 Å². The SMILES string of the molecule is CC1(C(=O)Nc2ccc(N3CCNC3=O)c(C(F)(F)F)c2)CC1. The van der Waals surface area contributed by atoms with Crippen molar-refractivity contribution in [3.8, 4) is 0 Å². The van der Waals surface area contributed by atoms with Crippen LogP contribution in [0.2, 0.25) is 0 Å². The molecule has 0 radical (unpaired) electrons. The van der Waals surface area contributed by atoms with Crippen molar-refractivity contribution < 1.29 is 22.8 Å². The average molecular weight is 327 g/mol. The van der Waals surface area contributed by atoms with E-state index in [4.69, 9.17) is 0 Å². The Morgan fingerprint density at radius 3 is 2.57 bits per heavy atom. The van der Waals surface area contributed by atoms with Crippen LogP contribution in [0.25, 0.3) is 0 Å². The third-order valence-corrected chi connectivity index (χ3v) is 4.26. The predicted octanol–water partition coefficient (Wildman–Crippen LogP) is 2.97. The summed E-state index contributed by atoms with van der Waals surface area (Å²) < 4.78 is 40.0. The van der Waals surface area contributed by atoms with E-state index in [1.807, 2.05) is 0 Å². The number of carbonyl (C=O) groups excluding carboxylic acids is 2. The zero-order chi connectivity index (χ0) is 16.8. The lowest BCUT2D eigenvalue weighted by Crippen LogP contribution is -2.30. The van der Waals surface area contributed by atoms with Crippen LogP contribution in [0.5, 0.6) is 0 Å². The fourth-order valence-electron chi connectivity index (χ4n) is 2.47. The van der Waals surface area contributed by atoms with Gasteiger partial charge in [-0.15, -0.1) is 0 Å². The maximum Gasteiger partial charge on any atom is 0.418 e. The Morgan fingerprint density at radius 1 is 1.35 bits per heavy atom. The number of amides is 3. The van der Waals surface area contributed by atoms with Crippen molar-refractivity contribution in [1.29, 1.82) is 0 Å². The summed E-state index contributed by atoms with van der Waals surface area (Å²) in [5, 5.41) is 5.00. The fraction of sp³-hybridized carbons (Fsp3) is 0.467. The van der Waals surface area contributed by atoms with E-state index in [0.717, 1.165) is 23.8 Å². The molecule has 2 N–H and O–H groups in total. The summed E-state index contributed by atoms with van der Waals surface area (Å²) in [5.41, 5.74) is -1.54. The molecule has 3 amide bonds. The highest BCUT2D eigenvalue weighted by atomic mass is 19.4. The smallest absolute Gasteiger partial charge is 0.336 e. The Kier molecular flexibility index (Phi) is 3.50. The Hall–Kier alpha value is -2.25. The standard InChI is InChI=1S/C15H16F3N3O2/c1-14(4-5-14)12(22)20-9-2-3-11(10(8-9)15(16,17)18)21-7-6-19-13(21)23/h2-3,8H,4-7H2,1H3,(H,19,23)(H,20,22). The quantitative estimate of drug-likeness (QED) is 0.896. The van der Waals surface area contributed by atoms with Gasteiger partial charge < -0.3 is 10.6 Å². The zero-order valence-corrected chi connectivity index (χ0v) is 12.5. The molecule has 124 valence electrons. The first-order valence-corrected chi connectivity index (χ1v) is 7.29. The number of rotatable bonds is 3. The molecule has 23 heavy (non-hydrogen) atoms. The third-order valence-electron chi connectivity index (χ3n) is 4.26. The highest BCUT2D eigenvalue weighted by molar-refractivity contribution is 5.98. The molecule has 1 aliphatic carbocycles.